The van der Waals surface area contributed by atoms with E-state index >= 15 is 0 Å². The van der Waals surface area contributed by atoms with Crippen LogP contribution in [0.4, 0.5) is 11.4 Å². The standard InChI is InChI=1S/C39H51N3O8S2/c1-5-7-18-39(19-8-6-2)25-42(29-12-10-9-11-13-29)31-21-33(51-4)32(22-34(31)52(48,49)26-39)50-24-35(44)41-37(28-14-16-30(43)17-15-28)38(47)40-23-27(3)20-36(45)46/h9-17,21-22,27,37,43H,5-8,18-20,23-26H2,1-4H3,(H,40,47)(H,41,44)(H,45,46). The minimum Gasteiger partial charge on any atom is -0.508 e. The van der Waals surface area contributed by atoms with Crippen molar-refractivity contribution in [3.8, 4) is 11.5 Å². The number of thioether (sulfide) groups is 1. The molecule has 52 heavy (non-hydrogen) atoms. The maximum Gasteiger partial charge on any atom is 0.303 e. The number of phenolic OH excluding ortho intramolecular Hbond substituents is 1. The van der Waals surface area contributed by atoms with Gasteiger partial charge in [-0.2, -0.15) is 0 Å². The van der Waals surface area contributed by atoms with Crippen molar-refractivity contribution in [2.45, 2.75) is 81.5 Å². The lowest BCUT2D eigenvalue weighted by Gasteiger charge is -2.37. The van der Waals surface area contributed by atoms with Crippen molar-refractivity contribution in [1.29, 1.82) is 0 Å². The number of hydrogen-bond donors (Lipinski definition) is 4. The van der Waals surface area contributed by atoms with E-state index in [1.165, 1.54) is 42.1 Å². The number of nitrogens with one attached hydrogen (secondary N) is 2. The summed E-state index contributed by atoms with van der Waals surface area (Å²) in [6.07, 6.45) is 7.05. The Morgan fingerprint density at radius 1 is 1.00 bits per heavy atom. The van der Waals surface area contributed by atoms with Crippen molar-refractivity contribution < 1.29 is 37.8 Å². The van der Waals surface area contributed by atoms with Gasteiger partial charge < -0.3 is 30.5 Å². The van der Waals surface area contributed by atoms with Crippen LogP contribution in [-0.4, -0.2) is 68.1 Å². The summed E-state index contributed by atoms with van der Waals surface area (Å²) in [6.45, 7) is 6.05. The summed E-state index contributed by atoms with van der Waals surface area (Å²) in [6, 6.07) is 17.8. The highest BCUT2D eigenvalue weighted by Crippen LogP contribution is 2.47. The van der Waals surface area contributed by atoms with E-state index < -0.39 is 45.7 Å². The Kier molecular flexibility index (Phi) is 14.4. The van der Waals surface area contributed by atoms with Crippen LogP contribution in [-0.2, 0) is 24.2 Å². The summed E-state index contributed by atoms with van der Waals surface area (Å²) in [5, 5.41) is 24.3. The molecule has 11 nitrogen and oxygen atoms in total. The zero-order chi connectivity index (χ0) is 37.9. The van der Waals surface area contributed by atoms with Gasteiger partial charge in [-0.25, -0.2) is 8.42 Å². The zero-order valence-electron chi connectivity index (χ0n) is 30.4. The third-order valence-corrected chi connectivity index (χ3v) is 12.1. The number of carboxylic acids is 1. The van der Waals surface area contributed by atoms with Gasteiger partial charge in [-0.1, -0.05) is 76.8 Å². The molecule has 4 N–H and O–H groups in total. The zero-order valence-corrected chi connectivity index (χ0v) is 32.0. The minimum absolute atomic E-state index is 0.00335. The number of carbonyl (C=O) groups is 3. The number of hydrogen-bond acceptors (Lipinski definition) is 9. The average molecular weight is 754 g/mol. The molecule has 4 rings (SSSR count). The number of aromatic hydroxyl groups is 1. The first-order valence-corrected chi connectivity index (χ1v) is 20.7. The monoisotopic (exact) mass is 753 g/mol. The number of unbranched alkanes of at least 4 members (excludes halogenated alkanes) is 2. The smallest absolute Gasteiger partial charge is 0.303 e. The molecule has 13 heteroatoms. The lowest BCUT2D eigenvalue weighted by atomic mass is 9.79. The first-order valence-electron chi connectivity index (χ1n) is 17.8. The molecule has 0 saturated carbocycles. The lowest BCUT2D eigenvalue weighted by Crippen LogP contribution is -2.43. The molecule has 282 valence electrons. The number of sulfone groups is 1. The molecule has 1 aliphatic heterocycles. The maximum absolute atomic E-state index is 14.4. The third-order valence-electron chi connectivity index (χ3n) is 9.35. The number of nitrogens with zero attached hydrogens (tertiary/aromatic N) is 1. The van der Waals surface area contributed by atoms with Crippen LogP contribution in [0.2, 0.25) is 0 Å². The number of fused-ring (bicyclic) bond motifs is 1. The Hall–Kier alpha value is -4.23. The second-order valence-corrected chi connectivity index (χ2v) is 16.5. The van der Waals surface area contributed by atoms with Crippen LogP contribution in [0.5, 0.6) is 11.5 Å². The Morgan fingerprint density at radius 3 is 2.25 bits per heavy atom. The Balaban J connectivity index is 1.65. The van der Waals surface area contributed by atoms with Gasteiger partial charge >= 0.3 is 5.97 Å². The van der Waals surface area contributed by atoms with Crippen LogP contribution in [0.25, 0.3) is 0 Å². The van der Waals surface area contributed by atoms with Crippen molar-refractivity contribution in [3.05, 3.63) is 72.3 Å². The number of ether oxygens (including phenoxy) is 1. The molecule has 0 spiro atoms. The molecule has 0 aliphatic carbocycles. The van der Waals surface area contributed by atoms with Gasteiger partial charge in [0.15, 0.2) is 16.4 Å². The van der Waals surface area contributed by atoms with Crippen LogP contribution in [0.15, 0.2) is 76.5 Å². The number of benzene rings is 3. The molecule has 1 aliphatic rings. The molecular weight excluding hydrogens is 703 g/mol. The first-order chi connectivity index (χ1) is 24.8. The van der Waals surface area contributed by atoms with Crippen LogP contribution < -0.4 is 20.3 Å². The highest BCUT2D eigenvalue weighted by molar-refractivity contribution is 7.98. The van der Waals surface area contributed by atoms with Gasteiger partial charge in [0.05, 0.1) is 21.2 Å². The third kappa shape index (κ3) is 10.7. The van der Waals surface area contributed by atoms with E-state index in [-0.39, 0.29) is 41.0 Å². The summed E-state index contributed by atoms with van der Waals surface area (Å²) in [7, 11) is -3.81. The number of phenols is 1. The van der Waals surface area contributed by atoms with Crippen molar-refractivity contribution in [3.63, 3.8) is 0 Å². The number of carbonyl (C=O) groups excluding carboxylic acids is 2. The molecule has 0 fully saturated rings. The van der Waals surface area contributed by atoms with Crippen molar-refractivity contribution in [2.75, 3.05) is 36.6 Å². The molecule has 3 aromatic carbocycles. The minimum atomic E-state index is -3.81. The summed E-state index contributed by atoms with van der Waals surface area (Å²) in [5.74, 6) is -2.32. The van der Waals surface area contributed by atoms with Crippen molar-refractivity contribution >= 4 is 50.8 Å². The highest BCUT2D eigenvalue weighted by Gasteiger charge is 2.42. The normalized spacial score (nSPS) is 15.8. The molecule has 3 aromatic rings. The predicted molar refractivity (Wildman–Crippen MR) is 204 cm³/mol. The maximum atomic E-state index is 14.4. The van der Waals surface area contributed by atoms with Gasteiger partial charge in [-0.3, -0.25) is 14.4 Å². The fourth-order valence-corrected chi connectivity index (χ4v) is 9.30. The van der Waals surface area contributed by atoms with E-state index in [9.17, 15) is 27.9 Å². The molecule has 0 saturated heterocycles. The fraction of sp³-hybridized carbons (Fsp3) is 0.462. The van der Waals surface area contributed by atoms with Gasteiger partial charge in [0.2, 0.25) is 5.91 Å². The second kappa shape index (κ2) is 18.5. The van der Waals surface area contributed by atoms with Gasteiger partial charge in [0.25, 0.3) is 5.91 Å². The molecular formula is C39H51N3O8S2. The topological polar surface area (TPSA) is 162 Å². The molecule has 0 bridgehead atoms. The van der Waals surface area contributed by atoms with Crippen molar-refractivity contribution in [1.82, 2.24) is 10.6 Å². The van der Waals surface area contributed by atoms with Crippen LogP contribution >= 0.6 is 11.8 Å². The number of aliphatic carboxylic acids is 1. The highest BCUT2D eigenvalue weighted by atomic mass is 32.2. The molecule has 2 unspecified atom stereocenters. The summed E-state index contributed by atoms with van der Waals surface area (Å²) in [5.41, 5.74) is 1.40. The Labute approximate surface area is 311 Å². The molecule has 2 atom stereocenters. The Bertz CT molecular complexity index is 1780. The predicted octanol–water partition coefficient (Wildman–Crippen LogP) is 6.87. The first kappa shape index (κ1) is 40.5. The number of rotatable bonds is 18. The van der Waals surface area contributed by atoms with E-state index in [0.717, 1.165) is 44.2 Å². The average Bonchev–Trinajstić information content (AvgIpc) is 3.21. The van der Waals surface area contributed by atoms with Crippen LogP contribution in [0.1, 0.15) is 77.3 Å². The Morgan fingerprint density at radius 2 is 1.65 bits per heavy atom. The number of amides is 2. The van der Waals surface area contributed by atoms with Crippen molar-refractivity contribution in [2.24, 2.45) is 11.3 Å². The molecule has 0 radical (unpaired) electrons. The largest absolute Gasteiger partial charge is 0.508 e. The number of para-hydroxylation sites is 1. The quantitative estimate of drug-likeness (QED) is 0.101. The number of anilines is 2. The lowest BCUT2D eigenvalue weighted by molar-refractivity contribution is -0.138. The van der Waals surface area contributed by atoms with Crippen LogP contribution in [0.3, 0.4) is 0 Å². The summed E-state index contributed by atoms with van der Waals surface area (Å²) < 4.78 is 34.9. The van der Waals surface area contributed by atoms with Gasteiger partial charge in [0.1, 0.15) is 17.5 Å². The van der Waals surface area contributed by atoms with Crippen LogP contribution in [0, 0.1) is 11.3 Å². The van der Waals surface area contributed by atoms with E-state index in [1.807, 2.05) is 42.7 Å². The molecule has 2 amide bonds. The molecule has 0 aromatic heterocycles. The second-order valence-electron chi connectivity index (χ2n) is 13.7. The van der Waals surface area contributed by atoms with E-state index in [4.69, 9.17) is 9.84 Å². The summed E-state index contributed by atoms with van der Waals surface area (Å²) >= 11 is 1.37. The van der Waals surface area contributed by atoms with E-state index in [2.05, 4.69) is 29.4 Å². The fourth-order valence-electron chi connectivity index (χ4n) is 6.64. The summed E-state index contributed by atoms with van der Waals surface area (Å²) in [4.78, 5) is 40.7. The van der Waals surface area contributed by atoms with Gasteiger partial charge in [-0.15, -0.1) is 11.8 Å². The van der Waals surface area contributed by atoms with E-state index in [1.54, 1.807) is 6.92 Å². The SMILES string of the molecule is CCCCC1(CCCC)CN(c2ccccc2)c2cc(SC)c(OCC(=O)NC(C(=O)NCC(C)CC(=O)O)c3ccc(O)cc3)cc2S(=O)(=O)C1. The number of carboxylic acid groups (broad SMARTS) is 1. The van der Waals surface area contributed by atoms with Gasteiger partial charge in [-0.05, 0) is 60.9 Å². The molecule has 1 heterocycles. The van der Waals surface area contributed by atoms with E-state index in [0.29, 0.717) is 22.7 Å². The van der Waals surface area contributed by atoms with Gasteiger partial charge in [0, 0.05) is 36.7 Å².